The third-order valence-corrected chi connectivity index (χ3v) is 3.10. The normalized spacial score (nSPS) is 28.7. The molecule has 1 heterocycles. The molecule has 3 heteroatoms. The number of hydrogen-bond donors (Lipinski definition) is 0. The highest BCUT2D eigenvalue weighted by Gasteiger charge is 2.24. The van der Waals surface area contributed by atoms with E-state index in [1.807, 2.05) is 0 Å². The molecule has 0 radical (unpaired) electrons. The van der Waals surface area contributed by atoms with Gasteiger partial charge in [0.15, 0.2) is 7.98 Å². The van der Waals surface area contributed by atoms with Crippen molar-refractivity contribution < 1.29 is 4.74 Å². The summed E-state index contributed by atoms with van der Waals surface area (Å²) in [6.45, 7) is 2.44. The highest BCUT2D eigenvalue weighted by Crippen LogP contribution is 2.25. The standard InChI is InChI=1S/C9H18BNO/c10-11-6-4-9(5-7-11)12-8-2-1-3-8/h8-9H,1-7,10H2. The lowest BCUT2D eigenvalue weighted by Crippen LogP contribution is -2.38. The minimum Gasteiger partial charge on any atom is -0.375 e. The molecule has 0 bridgehead atoms. The predicted octanol–water partition coefficient (Wildman–Crippen LogP) is 0.568. The van der Waals surface area contributed by atoms with E-state index in [4.69, 9.17) is 4.74 Å². The summed E-state index contributed by atoms with van der Waals surface area (Å²) in [7, 11) is 2.19. The number of piperidine rings is 1. The van der Waals surface area contributed by atoms with Crippen molar-refractivity contribution in [3.8, 4) is 0 Å². The molecule has 0 N–H and O–H groups in total. The Balaban J connectivity index is 1.67. The van der Waals surface area contributed by atoms with Gasteiger partial charge >= 0.3 is 0 Å². The number of hydrogen-bond acceptors (Lipinski definition) is 2. The van der Waals surface area contributed by atoms with Gasteiger partial charge in [-0.3, -0.25) is 0 Å². The molecule has 2 fully saturated rings. The van der Waals surface area contributed by atoms with Crippen molar-refractivity contribution in [3.63, 3.8) is 0 Å². The van der Waals surface area contributed by atoms with Crippen LogP contribution in [0.3, 0.4) is 0 Å². The van der Waals surface area contributed by atoms with E-state index >= 15 is 0 Å². The average Bonchev–Trinajstić information content (AvgIpc) is 2.00. The lowest BCUT2D eigenvalue weighted by atomic mass is 9.95. The maximum atomic E-state index is 5.95. The first-order valence-electron chi connectivity index (χ1n) is 5.18. The molecule has 2 aliphatic rings. The molecule has 68 valence electrons. The molecule has 0 aromatic rings. The van der Waals surface area contributed by atoms with Gasteiger partial charge in [0.2, 0.25) is 0 Å². The zero-order valence-electron chi connectivity index (χ0n) is 7.96. The van der Waals surface area contributed by atoms with Crippen LogP contribution in [-0.4, -0.2) is 38.1 Å². The minimum atomic E-state index is 0.575. The Morgan fingerprint density at radius 3 is 2.08 bits per heavy atom. The number of ether oxygens (including phenoxy) is 1. The monoisotopic (exact) mass is 167 g/mol. The van der Waals surface area contributed by atoms with E-state index in [-0.39, 0.29) is 0 Å². The maximum Gasteiger partial charge on any atom is 0.185 e. The van der Waals surface area contributed by atoms with Gasteiger partial charge in [-0.2, -0.15) is 0 Å². The molecule has 1 saturated carbocycles. The molecule has 2 rings (SSSR count). The van der Waals surface area contributed by atoms with Crippen molar-refractivity contribution >= 4 is 7.98 Å². The van der Waals surface area contributed by atoms with Crippen LogP contribution in [0.25, 0.3) is 0 Å². The predicted molar refractivity (Wildman–Crippen MR) is 51.9 cm³/mol. The molecular weight excluding hydrogens is 149 g/mol. The van der Waals surface area contributed by atoms with E-state index < -0.39 is 0 Å². The summed E-state index contributed by atoms with van der Waals surface area (Å²) >= 11 is 0. The minimum absolute atomic E-state index is 0.575. The maximum absolute atomic E-state index is 5.95. The second-order valence-electron chi connectivity index (χ2n) is 4.19. The second kappa shape index (κ2) is 3.80. The second-order valence-corrected chi connectivity index (χ2v) is 4.19. The first-order chi connectivity index (χ1) is 5.84. The van der Waals surface area contributed by atoms with Crippen molar-refractivity contribution in [1.82, 2.24) is 4.81 Å². The molecule has 1 aliphatic carbocycles. The Morgan fingerprint density at radius 1 is 1.00 bits per heavy atom. The fourth-order valence-corrected chi connectivity index (χ4v) is 1.90. The fraction of sp³-hybridized carbons (Fsp3) is 1.00. The third-order valence-electron chi connectivity index (χ3n) is 3.10. The lowest BCUT2D eigenvalue weighted by molar-refractivity contribution is -0.0674. The summed E-state index contributed by atoms with van der Waals surface area (Å²) in [4.78, 5) is 2.39. The molecule has 0 aromatic carbocycles. The smallest absolute Gasteiger partial charge is 0.185 e. The van der Waals surface area contributed by atoms with Crippen LogP contribution in [0, 0.1) is 0 Å². The fourth-order valence-electron chi connectivity index (χ4n) is 1.90. The largest absolute Gasteiger partial charge is 0.375 e. The quantitative estimate of drug-likeness (QED) is 0.557. The highest BCUT2D eigenvalue weighted by atomic mass is 16.5. The van der Waals surface area contributed by atoms with Crippen LogP contribution in [-0.2, 0) is 4.74 Å². The molecule has 0 unspecified atom stereocenters. The molecule has 0 atom stereocenters. The summed E-state index contributed by atoms with van der Waals surface area (Å²) in [5.74, 6) is 0. The van der Waals surface area contributed by atoms with Crippen LogP contribution in [0.5, 0.6) is 0 Å². The SMILES string of the molecule is BN1CCC(OC2CCC2)CC1. The van der Waals surface area contributed by atoms with E-state index in [2.05, 4.69) is 12.8 Å². The Bertz CT molecular complexity index is 141. The molecular formula is C9H18BNO. The van der Waals surface area contributed by atoms with E-state index in [1.165, 1.54) is 45.2 Å². The van der Waals surface area contributed by atoms with Gasteiger partial charge in [0.05, 0.1) is 12.2 Å². The van der Waals surface area contributed by atoms with Crippen molar-refractivity contribution in [2.45, 2.75) is 44.3 Å². The molecule has 0 aromatic heterocycles. The Morgan fingerprint density at radius 2 is 1.58 bits per heavy atom. The Labute approximate surface area is 75.7 Å². The van der Waals surface area contributed by atoms with Crippen molar-refractivity contribution in [2.75, 3.05) is 13.1 Å². The topological polar surface area (TPSA) is 12.5 Å². The molecule has 0 amide bonds. The van der Waals surface area contributed by atoms with Gasteiger partial charge in [-0.15, -0.1) is 0 Å². The first kappa shape index (κ1) is 8.58. The third kappa shape index (κ3) is 2.02. The zero-order valence-corrected chi connectivity index (χ0v) is 7.96. The summed E-state index contributed by atoms with van der Waals surface area (Å²) in [6, 6.07) is 0. The van der Waals surface area contributed by atoms with Crippen LogP contribution in [0.4, 0.5) is 0 Å². The van der Waals surface area contributed by atoms with Gasteiger partial charge in [-0.05, 0) is 45.2 Å². The van der Waals surface area contributed by atoms with E-state index in [9.17, 15) is 0 Å². The van der Waals surface area contributed by atoms with Crippen LogP contribution in [0.15, 0.2) is 0 Å². The summed E-state index contributed by atoms with van der Waals surface area (Å²) < 4.78 is 5.95. The average molecular weight is 167 g/mol. The Hall–Kier alpha value is -0.0151. The molecule has 12 heavy (non-hydrogen) atoms. The van der Waals surface area contributed by atoms with Crippen molar-refractivity contribution in [3.05, 3.63) is 0 Å². The molecule has 2 nitrogen and oxygen atoms in total. The van der Waals surface area contributed by atoms with Crippen LogP contribution < -0.4 is 0 Å². The van der Waals surface area contributed by atoms with Crippen LogP contribution in [0.2, 0.25) is 0 Å². The van der Waals surface area contributed by atoms with Crippen molar-refractivity contribution in [2.24, 2.45) is 0 Å². The van der Waals surface area contributed by atoms with E-state index in [0.717, 1.165) is 0 Å². The van der Waals surface area contributed by atoms with Crippen LogP contribution in [0.1, 0.15) is 32.1 Å². The van der Waals surface area contributed by atoms with Gasteiger partial charge in [-0.25, -0.2) is 0 Å². The molecule has 1 aliphatic heterocycles. The van der Waals surface area contributed by atoms with Gasteiger partial charge in [0, 0.05) is 0 Å². The van der Waals surface area contributed by atoms with Gasteiger partial charge in [-0.1, -0.05) is 0 Å². The molecule has 1 saturated heterocycles. The first-order valence-corrected chi connectivity index (χ1v) is 5.18. The van der Waals surface area contributed by atoms with Gasteiger partial charge in [0.25, 0.3) is 0 Å². The summed E-state index contributed by atoms with van der Waals surface area (Å²) in [5.41, 5.74) is 0. The summed E-state index contributed by atoms with van der Waals surface area (Å²) in [6.07, 6.45) is 7.69. The lowest BCUT2D eigenvalue weighted by Gasteiger charge is -2.35. The van der Waals surface area contributed by atoms with E-state index in [1.54, 1.807) is 0 Å². The van der Waals surface area contributed by atoms with Gasteiger partial charge in [0.1, 0.15) is 0 Å². The molecule has 0 spiro atoms. The number of nitrogens with zero attached hydrogens (tertiary/aromatic N) is 1. The Kier molecular flexibility index (Phi) is 2.71. The van der Waals surface area contributed by atoms with Crippen LogP contribution >= 0.6 is 0 Å². The number of rotatable bonds is 2. The van der Waals surface area contributed by atoms with Gasteiger partial charge < -0.3 is 9.55 Å². The van der Waals surface area contributed by atoms with Crippen molar-refractivity contribution in [1.29, 1.82) is 0 Å². The highest BCUT2D eigenvalue weighted by molar-refractivity contribution is 6.04. The van der Waals surface area contributed by atoms with E-state index in [0.29, 0.717) is 12.2 Å². The summed E-state index contributed by atoms with van der Waals surface area (Å²) in [5, 5.41) is 0. The zero-order chi connectivity index (χ0) is 8.39.